The fraction of sp³-hybridized carbons (Fsp3) is 0.375. The number of fused-ring (bicyclic) bond motifs is 1. The van der Waals surface area contributed by atoms with Gasteiger partial charge in [-0.2, -0.15) is 0 Å². The Morgan fingerprint density at radius 1 is 1.50 bits per heavy atom. The first-order valence-electron chi connectivity index (χ1n) is 7.41. The Labute approximate surface area is 136 Å². The van der Waals surface area contributed by atoms with Gasteiger partial charge in [-0.25, -0.2) is 4.39 Å². The second kappa shape index (κ2) is 6.12. The summed E-state index contributed by atoms with van der Waals surface area (Å²) in [4.78, 5) is 26.3. The van der Waals surface area contributed by atoms with Crippen LogP contribution < -0.4 is 10.1 Å². The minimum Gasteiger partial charge on any atom is -0.496 e. The lowest BCUT2D eigenvalue weighted by Gasteiger charge is -2.26. The van der Waals surface area contributed by atoms with Crippen molar-refractivity contribution >= 4 is 22.8 Å². The molecule has 128 valence electrons. The van der Waals surface area contributed by atoms with Crippen molar-refractivity contribution in [3.05, 3.63) is 29.7 Å². The highest BCUT2D eigenvalue weighted by Gasteiger charge is 2.39. The van der Waals surface area contributed by atoms with Gasteiger partial charge >= 0.3 is 5.97 Å². The van der Waals surface area contributed by atoms with Gasteiger partial charge in [0.1, 0.15) is 17.3 Å². The third-order valence-corrected chi connectivity index (χ3v) is 4.14. The van der Waals surface area contributed by atoms with E-state index < -0.39 is 23.2 Å². The SMILES string of the molecule is COc1ccc(F)c2[nH]c(C(=O)NC3(CC(=O)O)CCOC3)cc12. The standard InChI is InChI=1S/C16H17FN2O5/c1-23-12-3-2-10(17)14-9(12)6-11(18-14)15(22)19-16(7-13(20)21)4-5-24-8-16/h2-3,6,18H,4-5,7-8H2,1H3,(H,19,22)(H,20,21). The third kappa shape index (κ3) is 2.92. The topological polar surface area (TPSA) is 101 Å². The number of amides is 1. The number of halogens is 1. The van der Waals surface area contributed by atoms with E-state index in [2.05, 4.69) is 10.3 Å². The van der Waals surface area contributed by atoms with Crippen LogP contribution in [0.1, 0.15) is 23.3 Å². The van der Waals surface area contributed by atoms with Crippen LogP contribution in [0.5, 0.6) is 5.75 Å². The van der Waals surface area contributed by atoms with Gasteiger partial charge in [-0.15, -0.1) is 0 Å². The molecule has 3 rings (SSSR count). The second-order valence-electron chi connectivity index (χ2n) is 5.83. The number of methoxy groups -OCH3 is 1. The molecule has 1 atom stereocenters. The number of hydrogen-bond donors (Lipinski definition) is 3. The van der Waals surface area contributed by atoms with Crippen molar-refractivity contribution in [3.8, 4) is 5.75 Å². The molecule has 0 bridgehead atoms. The van der Waals surface area contributed by atoms with Crippen molar-refractivity contribution < 1.29 is 28.6 Å². The molecule has 2 aromatic rings. The van der Waals surface area contributed by atoms with E-state index in [0.29, 0.717) is 24.2 Å². The number of carboxylic acid groups (broad SMARTS) is 1. The molecule has 7 nitrogen and oxygen atoms in total. The molecular weight excluding hydrogens is 319 g/mol. The number of benzene rings is 1. The molecule has 0 saturated carbocycles. The molecule has 1 fully saturated rings. The Bertz CT molecular complexity index is 795. The van der Waals surface area contributed by atoms with Crippen molar-refractivity contribution in [2.24, 2.45) is 0 Å². The fourth-order valence-corrected chi connectivity index (χ4v) is 2.95. The van der Waals surface area contributed by atoms with E-state index in [1.165, 1.54) is 25.3 Å². The van der Waals surface area contributed by atoms with Crippen LogP contribution in [0.3, 0.4) is 0 Å². The normalized spacial score (nSPS) is 20.2. The number of carboxylic acids is 1. The van der Waals surface area contributed by atoms with Crippen LogP contribution in [-0.4, -0.2) is 47.8 Å². The number of aliphatic carboxylic acids is 1. The summed E-state index contributed by atoms with van der Waals surface area (Å²) in [6.45, 7) is 0.506. The average Bonchev–Trinajstić information content (AvgIpc) is 3.15. The van der Waals surface area contributed by atoms with E-state index >= 15 is 0 Å². The molecule has 1 unspecified atom stereocenters. The Kier molecular flexibility index (Phi) is 4.15. The fourth-order valence-electron chi connectivity index (χ4n) is 2.95. The number of aromatic nitrogens is 1. The van der Waals surface area contributed by atoms with Crippen molar-refractivity contribution in [1.82, 2.24) is 10.3 Å². The summed E-state index contributed by atoms with van der Waals surface area (Å²) in [6.07, 6.45) is 0.166. The third-order valence-electron chi connectivity index (χ3n) is 4.14. The molecule has 1 aromatic heterocycles. The molecule has 2 heterocycles. The number of carbonyl (C=O) groups excluding carboxylic acids is 1. The van der Waals surface area contributed by atoms with Crippen LogP contribution in [0, 0.1) is 5.82 Å². The highest BCUT2D eigenvalue weighted by Crippen LogP contribution is 2.29. The van der Waals surface area contributed by atoms with Crippen molar-refractivity contribution in [1.29, 1.82) is 0 Å². The largest absolute Gasteiger partial charge is 0.496 e. The minimum atomic E-state index is -1.02. The summed E-state index contributed by atoms with van der Waals surface area (Å²) in [6, 6.07) is 4.21. The molecule has 1 saturated heterocycles. The Balaban J connectivity index is 1.91. The van der Waals surface area contributed by atoms with Gasteiger partial charge in [-0.05, 0) is 24.6 Å². The zero-order valence-electron chi connectivity index (χ0n) is 13.0. The van der Waals surface area contributed by atoms with Gasteiger partial charge in [0, 0.05) is 12.0 Å². The van der Waals surface area contributed by atoms with E-state index in [9.17, 15) is 14.0 Å². The number of hydrogen-bond acceptors (Lipinski definition) is 4. The van der Waals surface area contributed by atoms with Crippen molar-refractivity contribution in [3.63, 3.8) is 0 Å². The van der Waals surface area contributed by atoms with Crippen molar-refractivity contribution in [2.45, 2.75) is 18.4 Å². The lowest BCUT2D eigenvalue weighted by molar-refractivity contribution is -0.138. The monoisotopic (exact) mass is 336 g/mol. The van der Waals surface area contributed by atoms with E-state index in [0.717, 1.165) is 0 Å². The number of rotatable bonds is 5. The van der Waals surface area contributed by atoms with E-state index in [4.69, 9.17) is 14.6 Å². The summed E-state index contributed by atoms with van der Waals surface area (Å²) in [5, 5.41) is 12.2. The molecule has 1 aromatic carbocycles. The van der Waals surface area contributed by atoms with Crippen LogP contribution in [0.2, 0.25) is 0 Å². The predicted octanol–water partition coefficient (Wildman–Crippen LogP) is 1.68. The molecule has 0 radical (unpaired) electrons. The highest BCUT2D eigenvalue weighted by molar-refractivity contribution is 6.00. The number of H-pyrrole nitrogens is 1. The van der Waals surface area contributed by atoms with Gasteiger partial charge in [0.15, 0.2) is 0 Å². The second-order valence-corrected chi connectivity index (χ2v) is 5.83. The quantitative estimate of drug-likeness (QED) is 0.771. The minimum absolute atomic E-state index is 0.128. The summed E-state index contributed by atoms with van der Waals surface area (Å²) in [5.74, 6) is -1.61. The van der Waals surface area contributed by atoms with Crippen LogP contribution in [0.15, 0.2) is 18.2 Å². The maximum Gasteiger partial charge on any atom is 0.305 e. The zero-order chi connectivity index (χ0) is 17.3. The lowest BCUT2D eigenvalue weighted by Crippen LogP contribution is -2.50. The Morgan fingerprint density at radius 2 is 2.29 bits per heavy atom. The van der Waals surface area contributed by atoms with Gasteiger partial charge in [0.2, 0.25) is 0 Å². The molecule has 3 N–H and O–H groups in total. The van der Waals surface area contributed by atoms with E-state index in [1.807, 2.05) is 0 Å². The molecule has 0 aliphatic carbocycles. The zero-order valence-corrected chi connectivity index (χ0v) is 13.0. The van der Waals surface area contributed by atoms with Crippen LogP contribution in [-0.2, 0) is 9.53 Å². The summed E-state index contributed by atoms with van der Waals surface area (Å²) in [7, 11) is 1.46. The molecule has 1 amide bonds. The number of nitrogens with one attached hydrogen (secondary N) is 2. The number of carbonyl (C=O) groups is 2. The maximum atomic E-state index is 13.9. The van der Waals surface area contributed by atoms with Gasteiger partial charge in [-0.1, -0.05) is 0 Å². The summed E-state index contributed by atoms with van der Waals surface area (Å²) >= 11 is 0. The highest BCUT2D eigenvalue weighted by atomic mass is 19.1. The summed E-state index contributed by atoms with van der Waals surface area (Å²) in [5.41, 5.74) is -0.664. The summed E-state index contributed by atoms with van der Waals surface area (Å²) < 4.78 is 24.3. The van der Waals surface area contributed by atoms with Crippen LogP contribution in [0.4, 0.5) is 4.39 Å². The van der Waals surface area contributed by atoms with Crippen molar-refractivity contribution in [2.75, 3.05) is 20.3 Å². The van der Waals surface area contributed by atoms with Crippen LogP contribution in [0.25, 0.3) is 10.9 Å². The van der Waals surface area contributed by atoms with Gasteiger partial charge in [0.25, 0.3) is 5.91 Å². The predicted molar refractivity (Wildman–Crippen MR) is 82.7 cm³/mol. The first-order chi connectivity index (χ1) is 11.4. The van der Waals surface area contributed by atoms with E-state index in [-0.39, 0.29) is 24.2 Å². The molecule has 1 aliphatic heterocycles. The average molecular weight is 336 g/mol. The molecular formula is C16H17FN2O5. The first kappa shape index (κ1) is 16.3. The molecule has 24 heavy (non-hydrogen) atoms. The molecule has 8 heteroatoms. The lowest BCUT2D eigenvalue weighted by atomic mass is 9.94. The maximum absolute atomic E-state index is 13.9. The van der Waals surface area contributed by atoms with Gasteiger partial charge < -0.3 is 24.9 Å². The van der Waals surface area contributed by atoms with Crippen LogP contribution >= 0.6 is 0 Å². The Hall–Kier alpha value is -2.61. The van der Waals surface area contributed by atoms with E-state index in [1.54, 1.807) is 0 Å². The number of aromatic amines is 1. The Morgan fingerprint density at radius 3 is 2.92 bits per heavy atom. The van der Waals surface area contributed by atoms with Gasteiger partial charge in [0.05, 0.1) is 31.2 Å². The van der Waals surface area contributed by atoms with Gasteiger partial charge in [-0.3, -0.25) is 9.59 Å². The molecule has 0 spiro atoms. The molecule has 1 aliphatic rings. The first-order valence-corrected chi connectivity index (χ1v) is 7.41. The number of ether oxygens (including phenoxy) is 2. The smallest absolute Gasteiger partial charge is 0.305 e.